The van der Waals surface area contributed by atoms with E-state index in [0.717, 1.165) is 17.9 Å². The molecule has 0 spiro atoms. The predicted molar refractivity (Wildman–Crippen MR) is 73.3 cm³/mol. The second-order valence-electron chi connectivity index (χ2n) is 4.13. The quantitative estimate of drug-likeness (QED) is 0.484. The van der Waals surface area contributed by atoms with Gasteiger partial charge in [-0.05, 0) is 30.7 Å². The molecule has 2 rings (SSSR count). The van der Waals surface area contributed by atoms with Crippen LogP contribution in [0.3, 0.4) is 0 Å². The molecule has 1 unspecified atom stereocenters. The first-order valence-electron chi connectivity index (χ1n) is 6.11. The monoisotopic (exact) mass is 259 g/mol. The van der Waals surface area contributed by atoms with E-state index >= 15 is 0 Å². The number of hydrogen-bond acceptors (Lipinski definition) is 4. The Morgan fingerprint density at radius 1 is 1.42 bits per heavy atom. The third-order valence-corrected chi connectivity index (χ3v) is 2.88. The number of benzene rings is 1. The van der Waals surface area contributed by atoms with Crippen LogP contribution >= 0.6 is 0 Å². The van der Waals surface area contributed by atoms with Gasteiger partial charge in [0, 0.05) is 23.6 Å². The van der Waals surface area contributed by atoms with Gasteiger partial charge in [-0.2, -0.15) is 0 Å². The highest BCUT2D eigenvalue weighted by Crippen LogP contribution is 2.14. The molecule has 1 aromatic heterocycles. The molecule has 1 atom stereocenters. The van der Waals surface area contributed by atoms with Gasteiger partial charge in [0.15, 0.2) is 0 Å². The summed E-state index contributed by atoms with van der Waals surface area (Å²) in [6.45, 7) is 1.99. The van der Waals surface area contributed by atoms with E-state index in [1.165, 1.54) is 0 Å². The van der Waals surface area contributed by atoms with Gasteiger partial charge in [0.1, 0.15) is 5.82 Å². The van der Waals surface area contributed by atoms with Crippen molar-refractivity contribution in [3.63, 3.8) is 0 Å². The van der Waals surface area contributed by atoms with E-state index in [4.69, 9.17) is 5.84 Å². The van der Waals surface area contributed by atoms with Gasteiger partial charge >= 0.3 is 0 Å². The second kappa shape index (κ2) is 6.01. The third kappa shape index (κ3) is 3.11. The van der Waals surface area contributed by atoms with Crippen LogP contribution in [-0.2, 0) is 0 Å². The van der Waals surface area contributed by atoms with E-state index in [1.807, 2.05) is 6.92 Å². The average Bonchev–Trinajstić information content (AvgIpc) is 2.98. The van der Waals surface area contributed by atoms with Gasteiger partial charge in [-0.3, -0.25) is 10.6 Å². The Balaban J connectivity index is 2.06. The molecule has 100 valence electrons. The molecule has 19 heavy (non-hydrogen) atoms. The molecule has 0 radical (unpaired) electrons. The number of H-pyrrole nitrogens is 1. The number of hydrazine groups is 1. The second-order valence-corrected chi connectivity index (χ2v) is 4.13. The number of aromatic nitrogens is 2. The largest absolute Gasteiger partial charge is 0.347 e. The summed E-state index contributed by atoms with van der Waals surface area (Å²) in [7, 11) is 0. The summed E-state index contributed by atoms with van der Waals surface area (Å²) in [6.07, 6.45) is 4.18. The molecule has 0 aliphatic heterocycles. The highest BCUT2D eigenvalue weighted by Gasteiger charge is 2.15. The van der Waals surface area contributed by atoms with Crippen LogP contribution in [0.25, 0.3) is 0 Å². The number of nitrogens with one attached hydrogen (secondary N) is 3. The van der Waals surface area contributed by atoms with Crippen molar-refractivity contribution in [1.82, 2.24) is 15.3 Å². The van der Waals surface area contributed by atoms with E-state index < -0.39 is 0 Å². The Morgan fingerprint density at radius 3 is 2.68 bits per heavy atom. The van der Waals surface area contributed by atoms with Crippen LogP contribution in [0.4, 0.5) is 5.69 Å². The summed E-state index contributed by atoms with van der Waals surface area (Å²) in [4.78, 5) is 19.3. The molecule has 1 aromatic carbocycles. The normalized spacial score (nSPS) is 11.9. The van der Waals surface area contributed by atoms with Crippen molar-refractivity contribution in [2.75, 3.05) is 5.43 Å². The van der Waals surface area contributed by atoms with Gasteiger partial charge < -0.3 is 15.7 Å². The lowest BCUT2D eigenvalue weighted by molar-refractivity contribution is 0.0934. The molecule has 1 amide bonds. The summed E-state index contributed by atoms with van der Waals surface area (Å²) in [5.41, 5.74) is 3.87. The van der Waals surface area contributed by atoms with Crippen molar-refractivity contribution in [2.45, 2.75) is 19.4 Å². The van der Waals surface area contributed by atoms with Crippen LogP contribution in [0.1, 0.15) is 35.6 Å². The summed E-state index contributed by atoms with van der Waals surface area (Å²) in [5.74, 6) is 5.91. The Morgan fingerprint density at radius 2 is 2.16 bits per heavy atom. The number of hydrogen-bond donors (Lipinski definition) is 4. The molecule has 0 aliphatic carbocycles. The molecule has 6 heteroatoms. The minimum Gasteiger partial charge on any atom is -0.347 e. The van der Waals surface area contributed by atoms with E-state index in [2.05, 4.69) is 20.7 Å². The fourth-order valence-corrected chi connectivity index (χ4v) is 1.79. The van der Waals surface area contributed by atoms with Crippen LogP contribution < -0.4 is 16.6 Å². The Bertz CT molecular complexity index is 520. The number of rotatable bonds is 5. The molecule has 0 fully saturated rings. The Hall–Kier alpha value is -2.34. The minimum absolute atomic E-state index is 0.116. The minimum atomic E-state index is -0.133. The fourth-order valence-electron chi connectivity index (χ4n) is 1.79. The number of imidazole rings is 1. The maximum Gasteiger partial charge on any atom is 0.251 e. The van der Waals surface area contributed by atoms with Crippen LogP contribution in [-0.4, -0.2) is 15.9 Å². The topological polar surface area (TPSA) is 95.8 Å². The number of nitrogens with two attached hydrogens (primary N) is 1. The van der Waals surface area contributed by atoms with Crippen LogP contribution in [0.2, 0.25) is 0 Å². The summed E-state index contributed by atoms with van der Waals surface area (Å²) < 4.78 is 0. The lowest BCUT2D eigenvalue weighted by Gasteiger charge is -2.14. The first-order chi connectivity index (χ1) is 9.24. The first kappa shape index (κ1) is 13.1. The zero-order chi connectivity index (χ0) is 13.7. The maximum absolute atomic E-state index is 12.1. The molecule has 0 saturated carbocycles. The first-order valence-corrected chi connectivity index (χ1v) is 6.11. The van der Waals surface area contributed by atoms with E-state index in [-0.39, 0.29) is 11.9 Å². The number of amides is 1. The smallest absolute Gasteiger partial charge is 0.251 e. The van der Waals surface area contributed by atoms with Crippen molar-refractivity contribution in [1.29, 1.82) is 0 Å². The third-order valence-electron chi connectivity index (χ3n) is 2.88. The number of anilines is 1. The van der Waals surface area contributed by atoms with Crippen molar-refractivity contribution in [2.24, 2.45) is 5.84 Å². The van der Waals surface area contributed by atoms with E-state index in [1.54, 1.807) is 36.7 Å². The standard InChI is InChI=1S/C13H17N5O/c1-2-11(12-15-7-8-16-12)17-13(19)9-3-5-10(18-14)6-4-9/h3-8,11,18H,2,14H2,1H3,(H,15,16)(H,17,19). The molecule has 6 nitrogen and oxygen atoms in total. The van der Waals surface area contributed by atoms with Crippen molar-refractivity contribution in [3.8, 4) is 0 Å². The molecular weight excluding hydrogens is 242 g/mol. The highest BCUT2D eigenvalue weighted by atomic mass is 16.1. The maximum atomic E-state index is 12.1. The van der Waals surface area contributed by atoms with Crippen LogP contribution in [0, 0.1) is 0 Å². The van der Waals surface area contributed by atoms with E-state index in [9.17, 15) is 4.79 Å². The average molecular weight is 259 g/mol. The SMILES string of the molecule is CCC(NC(=O)c1ccc(NN)cc1)c1ncc[nH]1. The fraction of sp³-hybridized carbons (Fsp3) is 0.231. The van der Waals surface area contributed by atoms with Gasteiger partial charge in [-0.15, -0.1) is 0 Å². The van der Waals surface area contributed by atoms with Gasteiger partial charge in [0.25, 0.3) is 5.91 Å². The molecule has 0 bridgehead atoms. The van der Waals surface area contributed by atoms with Crippen molar-refractivity contribution >= 4 is 11.6 Å². The predicted octanol–water partition coefficient (Wildman–Crippen LogP) is 1.58. The van der Waals surface area contributed by atoms with Crippen molar-refractivity contribution < 1.29 is 4.79 Å². The number of aromatic amines is 1. The lowest BCUT2D eigenvalue weighted by atomic mass is 10.1. The van der Waals surface area contributed by atoms with Gasteiger partial charge in [0.05, 0.1) is 6.04 Å². The summed E-state index contributed by atoms with van der Waals surface area (Å²) in [6, 6.07) is 6.83. The van der Waals surface area contributed by atoms with Crippen LogP contribution in [0.5, 0.6) is 0 Å². The lowest BCUT2D eigenvalue weighted by Crippen LogP contribution is -2.28. The van der Waals surface area contributed by atoms with Gasteiger partial charge in [-0.1, -0.05) is 6.92 Å². The summed E-state index contributed by atoms with van der Waals surface area (Å²) in [5, 5.41) is 2.94. The number of carbonyl (C=O) groups is 1. The number of nitrogens with zero attached hydrogens (tertiary/aromatic N) is 1. The Kier molecular flexibility index (Phi) is 4.15. The van der Waals surface area contributed by atoms with Gasteiger partial charge in [0.2, 0.25) is 0 Å². The molecular formula is C13H17N5O. The molecule has 1 heterocycles. The highest BCUT2D eigenvalue weighted by molar-refractivity contribution is 5.94. The number of carbonyl (C=O) groups excluding carboxylic acids is 1. The number of nitrogen functional groups attached to an aromatic ring is 1. The van der Waals surface area contributed by atoms with Crippen molar-refractivity contribution in [3.05, 3.63) is 48.0 Å². The van der Waals surface area contributed by atoms with E-state index in [0.29, 0.717) is 5.56 Å². The zero-order valence-electron chi connectivity index (χ0n) is 10.7. The van der Waals surface area contributed by atoms with Gasteiger partial charge in [-0.25, -0.2) is 4.98 Å². The van der Waals surface area contributed by atoms with Crippen LogP contribution in [0.15, 0.2) is 36.7 Å². The molecule has 0 aliphatic rings. The molecule has 2 aromatic rings. The summed E-state index contributed by atoms with van der Waals surface area (Å²) >= 11 is 0. The zero-order valence-corrected chi connectivity index (χ0v) is 10.7. The molecule has 5 N–H and O–H groups in total. The Labute approximate surface area is 111 Å². The molecule has 0 saturated heterocycles.